The standard InChI is InChI=1S/C10H16F6O3S.C2H7N/c1-2-3-4-5-6-7-8(11,12)9(13,14)10(15,16)20(17,18)19;1-3-2/h2-7H2,1H3,(H,17,18,19);3H,1-2H3. The Morgan fingerprint density at radius 1 is 0.913 bits per heavy atom. The first-order valence-electron chi connectivity index (χ1n) is 6.91. The van der Waals surface area contributed by atoms with Crippen LogP contribution in [0, 0.1) is 0 Å². The van der Waals surface area contributed by atoms with Crippen molar-refractivity contribution in [2.75, 3.05) is 14.1 Å². The van der Waals surface area contributed by atoms with Gasteiger partial charge in [0.2, 0.25) is 0 Å². The molecule has 0 rings (SSSR count). The summed E-state index contributed by atoms with van der Waals surface area (Å²) in [6, 6.07) is 0. The average Bonchev–Trinajstić information content (AvgIpc) is 2.37. The molecule has 0 aliphatic heterocycles. The van der Waals surface area contributed by atoms with E-state index in [1.807, 2.05) is 21.0 Å². The highest BCUT2D eigenvalue weighted by Gasteiger charge is 2.76. The van der Waals surface area contributed by atoms with Gasteiger partial charge in [-0.25, -0.2) is 0 Å². The number of unbranched alkanes of at least 4 members (excludes halogenated alkanes) is 4. The normalized spacial score (nSPS) is 13.5. The van der Waals surface area contributed by atoms with Crippen molar-refractivity contribution < 1.29 is 39.3 Å². The van der Waals surface area contributed by atoms with Gasteiger partial charge in [0.05, 0.1) is 0 Å². The Labute approximate surface area is 132 Å². The zero-order valence-corrected chi connectivity index (χ0v) is 14.0. The molecule has 0 aliphatic carbocycles. The van der Waals surface area contributed by atoms with Gasteiger partial charge in [-0.2, -0.15) is 34.8 Å². The summed E-state index contributed by atoms with van der Waals surface area (Å²) in [7, 11) is -2.90. The second kappa shape index (κ2) is 9.67. The van der Waals surface area contributed by atoms with Gasteiger partial charge in [-0.05, 0) is 20.5 Å². The largest absolute Gasteiger partial charge is 0.437 e. The van der Waals surface area contributed by atoms with E-state index in [1.165, 1.54) is 0 Å². The summed E-state index contributed by atoms with van der Waals surface area (Å²) in [6.45, 7) is 1.83. The third-order valence-corrected chi connectivity index (χ3v) is 3.65. The van der Waals surface area contributed by atoms with Gasteiger partial charge in [0.15, 0.2) is 0 Å². The van der Waals surface area contributed by atoms with Crippen LogP contribution in [0.2, 0.25) is 0 Å². The Hall–Kier alpha value is -0.550. The molecule has 23 heavy (non-hydrogen) atoms. The van der Waals surface area contributed by atoms with Crippen LogP contribution < -0.4 is 5.32 Å². The fourth-order valence-corrected chi connectivity index (χ4v) is 1.96. The highest BCUT2D eigenvalue weighted by atomic mass is 32.2. The molecule has 0 aromatic carbocycles. The van der Waals surface area contributed by atoms with E-state index in [4.69, 9.17) is 4.55 Å². The summed E-state index contributed by atoms with van der Waals surface area (Å²) >= 11 is 0. The van der Waals surface area contributed by atoms with E-state index >= 15 is 0 Å². The lowest BCUT2D eigenvalue weighted by Crippen LogP contribution is -2.57. The van der Waals surface area contributed by atoms with Gasteiger partial charge in [-0.15, -0.1) is 0 Å². The van der Waals surface area contributed by atoms with Gasteiger partial charge in [0.1, 0.15) is 0 Å². The smallest absolute Gasteiger partial charge is 0.323 e. The molecule has 0 saturated heterocycles. The quantitative estimate of drug-likeness (QED) is 0.364. The van der Waals surface area contributed by atoms with Crippen molar-refractivity contribution in [3.63, 3.8) is 0 Å². The number of nitrogens with one attached hydrogen (secondary N) is 1. The van der Waals surface area contributed by atoms with Gasteiger partial charge in [0.25, 0.3) is 0 Å². The van der Waals surface area contributed by atoms with E-state index in [-0.39, 0.29) is 6.42 Å². The van der Waals surface area contributed by atoms with Crippen LogP contribution in [0.15, 0.2) is 0 Å². The van der Waals surface area contributed by atoms with Gasteiger partial charge in [0, 0.05) is 6.42 Å². The second-order valence-corrected chi connectivity index (χ2v) is 6.40. The van der Waals surface area contributed by atoms with Crippen LogP contribution in [0.25, 0.3) is 0 Å². The molecule has 0 atom stereocenters. The number of rotatable bonds is 9. The Kier molecular flexibility index (Phi) is 10.4. The topological polar surface area (TPSA) is 66.4 Å². The molecule has 0 heterocycles. The Balaban J connectivity index is 0. The van der Waals surface area contributed by atoms with Crippen LogP contribution in [0.5, 0.6) is 0 Å². The van der Waals surface area contributed by atoms with Crippen molar-refractivity contribution >= 4 is 10.1 Å². The molecule has 0 saturated carbocycles. The van der Waals surface area contributed by atoms with Crippen LogP contribution in [0.3, 0.4) is 0 Å². The van der Waals surface area contributed by atoms with Gasteiger partial charge < -0.3 is 5.32 Å². The average molecular weight is 375 g/mol. The van der Waals surface area contributed by atoms with Crippen LogP contribution in [-0.2, 0) is 10.1 Å². The first-order valence-corrected chi connectivity index (χ1v) is 8.35. The predicted octanol–water partition coefficient (Wildman–Crippen LogP) is 3.93. The molecule has 0 spiro atoms. The fraction of sp³-hybridized carbons (Fsp3) is 1.00. The van der Waals surface area contributed by atoms with E-state index < -0.39 is 40.1 Å². The van der Waals surface area contributed by atoms with Gasteiger partial charge in [-0.3, -0.25) is 4.55 Å². The van der Waals surface area contributed by atoms with Gasteiger partial charge >= 0.3 is 27.2 Å². The van der Waals surface area contributed by atoms with Crippen LogP contribution in [0.1, 0.15) is 45.4 Å². The maximum Gasteiger partial charge on any atom is 0.437 e. The minimum atomic E-state index is -6.65. The molecular formula is C12H23F6NO3S. The van der Waals surface area contributed by atoms with Crippen molar-refractivity contribution in [1.29, 1.82) is 0 Å². The molecule has 11 heteroatoms. The summed E-state index contributed by atoms with van der Waals surface area (Å²) < 4.78 is 106. The summed E-state index contributed by atoms with van der Waals surface area (Å²) in [5, 5.41) is -3.49. The molecule has 0 bridgehead atoms. The number of hydrogen-bond donors (Lipinski definition) is 2. The second-order valence-electron chi connectivity index (χ2n) is 4.93. The highest BCUT2D eigenvalue weighted by Crippen LogP contribution is 2.50. The van der Waals surface area contributed by atoms with Gasteiger partial charge in [-0.1, -0.05) is 32.6 Å². The number of halogens is 6. The van der Waals surface area contributed by atoms with Crippen molar-refractivity contribution in [3.05, 3.63) is 0 Å². The Morgan fingerprint density at radius 3 is 1.65 bits per heavy atom. The number of hydrogen-bond acceptors (Lipinski definition) is 3. The Bertz CT molecular complexity index is 429. The van der Waals surface area contributed by atoms with E-state index in [0.717, 1.165) is 6.42 Å². The van der Waals surface area contributed by atoms with Crippen molar-refractivity contribution in [1.82, 2.24) is 5.32 Å². The fourth-order valence-electron chi connectivity index (χ4n) is 1.48. The molecule has 0 aromatic heterocycles. The first kappa shape index (κ1) is 24.7. The molecule has 0 aliphatic rings. The predicted molar refractivity (Wildman–Crippen MR) is 74.7 cm³/mol. The Morgan fingerprint density at radius 2 is 1.30 bits per heavy atom. The van der Waals surface area contributed by atoms with E-state index in [0.29, 0.717) is 12.8 Å². The van der Waals surface area contributed by atoms with E-state index in [1.54, 1.807) is 0 Å². The minimum Gasteiger partial charge on any atom is -0.323 e. The van der Waals surface area contributed by atoms with E-state index in [2.05, 4.69) is 5.32 Å². The maximum absolute atomic E-state index is 13.1. The minimum absolute atomic E-state index is 0.136. The summed E-state index contributed by atoms with van der Waals surface area (Å²) in [4.78, 5) is 0. The molecule has 0 aromatic rings. The first-order chi connectivity index (χ1) is 10.2. The zero-order valence-electron chi connectivity index (χ0n) is 13.2. The number of alkyl halides is 6. The van der Waals surface area contributed by atoms with Crippen molar-refractivity contribution in [3.8, 4) is 0 Å². The monoisotopic (exact) mass is 375 g/mol. The molecule has 0 radical (unpaired) electrons. The van der Waals surface area contributed by atoms with Crippen LogP contribution in [-0.4, -0.2) is 44.2 Å². The third-order valence-electron chi connectivity index (χ3n) is 2.74. The molecule has 0 amide bonds. The molecule has 2 N–H and O–H groups in total. The zero-order chi connectivity index (χ0) is 18.9. The van der Waals surface area contributed by atoms with Crippen molar-refractivity contribution in [2.24, 2.45) is 0 Å². The molecule has 142 valence electrons. The summed E-state index contributed by atoms with van der Waals surface area (Å²) in [5.41, 5.74) is 0. The molecule has 0 fully saturated rings. The molecule has 4 nitrogen and oxygen atoms in total. The molecular weight excluding hydrogens is 352 g/mol. The van der Waals surface area contributed by atoms with Crippen LogP contribution in [0.4, 0.5) is 26.3 Å². The van der Waals surface area contributed by atoms with Crippen molar-refractivity contribution in [2.45, 2.75) is 62.5 Å². The lowest BCUT2D eigenvalue weighted by atomic mass is 10.0. The van der Waals surface area contributed by atoms with Crippen LogP contribution >= 0.6 is 0 Å². The summed E-state index contributed by atoms with van der Waals surface area (Å²) in [6.07, 6.45) is 0.0271. The highest BCUT2D eigenvalue weighted by molar-refractivity contribution is 7.87. The third kappa shape index (κ3) is 6.84. The summed E-state index contributed by atoms with van der Waals surface area (Å²) in [5.74, 6) is -11.4. The SMILES string of the molecule is CCCCCCCC(F)(F)C(F)(F)C(F)(F)S(=O)(=O)O.CNC. The van der Waals surface area contributed by atoms with E-state index in [9.17, 15) is 34.8 Å². The lowest BCUT2D eigenvalue weighted by Gasteiger charge is -2.30. The maximum atomic E-state index is 13.1. The molecule has 0 unspecified atom stereocenters. The lowest BCUT2D eigenvalue weighted by molar-refractivity contribution is -0.282.